The number of ketones is 1. The molecule has 0 saturated carbocycles. The van der Waals surface area contributed by atoms with Crippen LogP contribution in [0.25, 0.3) is 5.69 Å². The molecule has 3 rings (SSSR count). The second-order valence-corrected chi connectivity index (χ2v) is 7.82. The minimum Gasteiger partial charge on any atom is -0.485 e. The van der Waals surface area contributed by atoms with Crippen molar-refractivity contribution in [3.8, 4) is 11.4 Å². The predicted molar refractivity (Wildman–Crippen MR) is 122 cm³/mol. The van der Waals surface area contributed by atoms with Crippen molar-refractivity contribution in [2.24, 2.45) is 0 Å². The molecule has 0 radical (unpaired) electrons. The number of hydrogen-bond acceptors (Lipinski definition) is 5. The summed E-state index contributed by atoms with van der Waals surface area (Å²) >= 11 is 6.24. The summed E-state index contributed by atoms with van der Waals surface area (Å²) in [6.07, 6.45) is 3.66. The molecule has 0 N–H and O–H groups in total. The van der Waals surface area contributed by atoms with Crippen LogP contribution >= 0.6 is 11.6 Å². The van der Waals surface area contributed by atoms with Crippen LogP contribution in [0, 0.1) is 25.5 Å². The summed E-state index contributed by atoms with van der Waals surface area (Å²) in [6.45, 7) is 0.468. The number of rotatable bonds is 7. The molecule has 9 heteroatoms. The first-order valence-electron chi connectivity index (χ1n) is 10.7. The van der Waals surface area contributed by atoms with E-state index in [0.717, 1.165) is 0 Å². The van der Waals surface area contributed by atoms with Gasteiger partial charge in [-0.25, -0.2) is 8.78 Å². The number of benzene rings is 1. The van der Waals surface area contributed by atoms with E-state index in [0.29, 0.717) is 34.8 Å². The Bertz CT molecular complexity index is 1390. The quantitative estimate of drug-likeness (QED) is 0.368. The normalized spacial score (nSPS) is 12.5. The second-order valence-electron chi connectivity index (χ2n) is 7.44. The van der Waals surface area contributed by atoms with Crippen LogP contribution in [0.5, 0.6) is 5.75 Å². The Kier molecular flexibility index (Phi) is 6.44. The molecule has 2 aromatic heterocycles. The van der Waals surface area contributed by atoms with Crippen molar-refractivity contribution in [2.75, 3.05) is 14.1 Å². The Labute approximate surface area is 197 Å². The van der Waals surface area contributed by atoms with Crippen molar-refractivity contribution in [2.45, 2.75) is 20.4 Å². The van der Waals surface area contributed by atoms with Crippen LogP contribution in [0.1, 0.15) is 30.1 Å². The molecular formula is C24H22ClF2N3O3. The lowest BCUT2D eigenvalue weighted by Gasteiger charge is -2.17. The van der Waals surface area contributed by atoms with Crippen molar-refractivity contribution >= 4 is 17.4 Å². The van der Waals surface area contributed by atoms with E-state index in [4.69, 9.17) is 19.1 Å². The van der Waals surface area contributed by atoms with Gasteiger partial charge in [0.25, 0.3) is 5.56 Å². The number of hydrogen-bond donors (Lipinski definition) is 0. The van der Waals surface area contributed by atoms with E-state index < -0.39 is 34.5 Å². The fourth-order valence-electron chi connectivity index (χ4n) is 2.96. The van der Waals surface area contributed by atoms with Crippen LogP contribution in [0.3, 0.4) is 0 Å². The van der Waals surface area contributed by atoms with Crippen molar-refractivity contribution in [1.29, 1.82) is 0 Å². The van der Waals surface area contributed by atoms with Crippen molar-refractivity contribution in [3.05, 3.63) is 98.3 Å². The first-order valence-corrected chi connectivity index (χ1v) is 10.1. The molecule has 0 unspecified atom stereocenters. The zero-order valence-electron chi connectivity index (χ0n) is 20.3. The van der Waals surface area contributed by atoms with Gasteiger partial charge >= 0.3 is 0 Å². The van der Waals surface area contributed by atoms with Crippen molar-refractivity contribution in [1.82, 2.24) is 14.5 Å². The molecule has 33 heavy (non-hydrogen) atoms. The number of aryl methyl sites for hydroxylation is 2. The molecule has 0 aliphatic heterocycles. The van der Waals surface area contributed by atoms with E-state index in [9.17, 15) is 18.4 Å². The van der Waals surface area contributed by atoms with Crippen LogP contribution in [0.2, 0.25) is 5.02 Å². The highest BCUT2D eigenvalue weighted by atomic mass is 35.5. The number of carbonyl (C=O) groups is 1. The van der Waals surface area contributed by atoms with Gasteiger partial charge in [0, 0.05) is 49.8 Å². The number of allylic oxidation sites excluding steroid dienone is 1. The monoisotopic (exact) mass is 475 g/mol. The standard InChI is InChI=1S/C24H22ClF2N3O3/c1-14-5-6-16(21(31)7-8-29(3)4)10-20(14)30-15(2)9-22(23(25)24(30)32)33-13-19-18(27)11-17(26)12-28-19/h5-12H,13H2,1-4H3/b8-7+/i13D2. The highest BCUT2D eigenvalue weighted by Crippen LogP contribution is 2.26. The van der Waals surface area contributed by atoms with Crippen LogP contribution in [-0.2, 0) is 6.56 Å². The number of pyridine rings is 2. The summed E-state index contributed by atoms with van der Waals surface area (Å²) < 4.78 is 49.9. The predicted octanol–water partition coefficient (Wildman–Crippen LogP) is 4.62. The van der Waals surface area contributed by atoms with Gasteiger partial charge < -0.3 is 9.64 Å². The average molecular weight is 476 g/mol. The maximum Gasteiger partial charge on any atom is 0.277 e. The smallest absolute Gasteiger partial charge is 0.277 e. The van der Waals surface area contributed by atoms with E-state index in [1.165, 1.54) is 16.7 Å². The van der Waals surface area contributed by atoms with Gasteiger partial charge in [-0.3, -0.25) is 19.1 Å². The first kappa shape index (κ1) is 21.3. The summed E-state index contributed by atoms with van der Waals surface area (Å²) in [5.74, 6) is -2.85. The highest BCUT2D eigenvalue weighted by molar-refractivity contribution is 6.31. The minimum atomic E-state index is -2.85. The SMILES string of the molecule is [2H]C([2H])(Oc1cc(C)n(-c2cc(C(=O)/C=C/N(C)C)ccc2C)c(=O)c1Cl)c1ncc(F)cc1F. The van der Waals surface area contributed by atoms with Gasteiger partial charge in [0.05, 0.1) is 14.6 Å². The van der Waals surface area contributed by atoms with E-state index >= 15 is 0 Å². The number of carbonyl (C=O) groups excluding carboxylic acids is 1. The van der Waals surface area contributed by atoms with Crippen LogP contribution in [-0.4, -0.2) is 34.3 Å². The minimum absolute atomic E-state index is 0.265. The molecule has 0 amide bonds. The van der Waals surface area contributed by atoms with E-state index in [1.807, 2.05) is 0 Å². The topological polar surface area (TPSA) is 64.4 Å². The lowest BCUT2D eigenvalue weighted by atomic mass is 10.1. The zero-order valence-corrected chi connectivity index (χ0v) is 19.1. The maximum absolute atomic E-state index is 14.1. The van der Waals surface area contributed by atoms with Gasteiger partial charge in [0.15, 0.2) is 11.6 Å². The van der Waals surface area contributed by atoms with Crippen molar-refractivity contribution in [3.63, 3.8) is 0 Å². The molecule has 1 aromatic carbocycles. The summed E-state index contributed by atoms with van der Waals surface area (Å²) in [4.78, 5) is 30.8. The van der Waals surface area contributed by atoms with E-state index in [2.05, 4.69) is 4.98 Å². The fourth-order valence-corrected chi connectivity index (χ4v) is 3.14. The summed E-state index contributed by atoms with van der Waals surface area (Å²) in [5, 5.41) is -0.467. The molecule has 0 spiro atoms. The molecule has 0 fully saturated rings. The van der Waals surface area contributed by atoms with Crippen LogP contribution in [0.15, 0.2) is 53.6 Å². The van der Waals surface area contributed by atoms with Gasteiger partial charge in [-0.2, -0.15) is 0 Å². The molecule has 0 aliphatic carbocycles. The Morgan fingerprint density at radius 2 is 2.00 bits per heavy atom. The van der Waals surface area contributed by atoms with Gasteiger partial charge in [-0.15, -0.1) is 0 Å². The molecule has 0 aliphatic rings. The number of nitrogens with zero attached hydrogens (tertiary/aromatic N) is 3. The highest BCUT2D eigenvalue weighted by Gasteiger charge is 2.17. The third kappa shape index (κ3) is 5.46. The lowest BCUT2D eigenvalue weighted by Crippen LogP contribution is -2.23. The lowest BCUT2D eigenvalue weighted by molar-refractivity contribution is 0.104. The number of halogens is 3. The van der Waals surface area contributed by atoms with Gasteiger partial charge in [0.2, 0.25) is 0 Å². The summed E-state index contributed by atoms with van der Waals surface area (Å²) in [6, 6.07) is 6.67. The summed E-state index contributed by atoms with van der Waals surface area (Å²) in [7, 11) is 3.56. The maximum atomic E-state index is 14.1. The Hall–Kier alpha value is -3.52. The molecule has 0 bridgehead atoms. The Balaban J connectivity index is 2.05. The second kappa shape index (κ2) is 9.95. The molecule has 0 saturated heterocycles. The van der Waals surface area contributed by atoms with Gasteiger partial charge in [-0.1, -0.05) is 23.7 Å². The van der Waals surface area contributed by atoms with Gasteiger partial charge in [-0.05, 0) is 25.5 Å². The largest absolute Gasteiger partial charge is 0.485 e. The van der Waals surface area contributed by atoms with Crippen LogP contribution < -0.4 is 10.3 Å². The Morgan fingerprint density at radius 3 is 2.67 bits per heavy atom. The molecule has 172 valence electrons. The van der Waals surface area contributed by atoms with Crippen molar-refractivity contribution < 1.29 is 21.1 Å². The first-order chi connectivity index (χ1) is 16.3. The average Bonchev–Trinajstić information content (AvgIpc) is 2.76. The molecular weight excluding hydrogens is 452 g/mol. The number of aromatic nitrogens is 2. The fraction of sp³-hybridized carbons (Fsp3) is 0.208. The van der Waals surface area contributed by atoms with E-state index in [1.54, 1.807) is 57.2 Å². The summed E-state index contributed by atoms with van der Waals surface area (Å²) in [5.41, 5.74) is 0.210. The van der Waals surface area contributed by atoms with Gasteiger partial charge in [0.1, 0.15) is 28.8 Å². The molecule has 6 nitrogen and oxygen atoms in total. The molecule has 3 aromatic rings. The van der Waals surface area contributed by atoms with Crippen LogP contribution in [0.4, 0.5) is 8.78 Å². The number of ether oxygens (including phenoxy) is 1. The zero-order chi connectivity index (χ0) is 26.1. The Morgan fingerprint density at radius 1 is 1.27 bits per heavy atom. The molecule has 0 atom stereocenters. The third-order valence-corrected chi connectivity index (χ3v) is 4.97. The van der Waals surface area contributed by atoms with E-state index in [-0.39, 0.29) is 11.5 Å². The molecule has 2 heterocycles. The third-order valence-electron chi connectivity index (χ3n) is 4.62.